The Morgan fingerprint density at radius 1 is 0.333 bits per heavy atom. The molecule has 0 bridgehead atoms. The first-order valence-electron chi connectivity index (χ1n) is 19.0. The fraction of sp³-hybridized carbons (Fsp3) is 0.208. The molecule has 274 valence electrons. The molecule has 6 nitrogen and oxygen atoms in total. The summed E-state index contributed by atoms with van der Waals surface area (Å²) in [4.78, 5) is 25.9. The van der Waals surface area contributed by atoms with Crippen molar-refractivity contribution in [1.82, 2.24) is 21.3 Å². The van der Waals surface area contributed by atoms with Crippen molar-refractivity contribution < 1.29 is 9.59 Å². The Balaban J connectivity index is 0.967. The topological polar surface area (TPSA) is 82.3 Å². The van der Waals surface area contributed by atoms with Crippen LogP contribution in [-0.4, -0.2) is 38.0 Å². The summed E-state index contributed by atoms with van der Waals surface area (Å²) >= 11 is 0. The molecule has 0 saturated heterocycles. The minimum Gasteiger partial charge on any atom is -0.356 e. The SMILES string of the molecule is O=C(CCNC(c1ccccc1)(c1ccccc1)c1ccccc1)NCCCCNC(=O)CCNC(c1ccccc1)(c1ccccc1)c1ccccc1. The van der Waals surface area contributed by atoms with Crippen molar-refractivity contribution in [1.29, 1.82) is 0 Å². The summed E-state index contributed by atoms with van der Waals surface area (Å²) in [7, 11) is 0. The van der Waals surface area contributed by atoms with E-state index in [1.807, 2.05) is 36.4 Å². The number of amides is 2. The number of benzene rings is 6. The summed E-state index contributed by atoms with van der Waals surface area (Å²) in [6.45, 7) is 2.11. The van der Waals surface area contributed by atoms with Crippen LogP contribution in [0.5, 0.6) is 0 Å². The maximum absolute atomic E-state index is 13.0. The Morgan fingerprint density at radius 2 is 0.556 bits per heavy atom. The van der Waals surface area contributed by atoms with E-state index in [-0.39, 0.29) is 11.8 Å². The van der Waals surface area contributed by atoms with Gasteiger partial charge in [0.15, 0.2) is 0 Å². The molecule has 54 heavy (non-hydrogen) atoms. The minimum atomic E-state index is -0.607. The Morgan fingerprint density at radius 3 is 0.778 bits per heavy atom. The monoisotopic (exact) mass is 714 g/mol. The third kappa shape index (κ3) is 9.21. The van der Waals surface area contributed by atoms with E-state index >= 15 is 0 Å². The lowest BCUT2D eigenvalue weighted by molar-refractivity contribution is -0.122. The summed E-state index contributed by atoms with van der Waals surface area (Å²) in [5.74, 6) is -0.00106. The summed E-state index contributed by atoms with van der Waals surface area (Å²) in [5, 5.41) is 13.7. The Labute approximate surface area is 320 Å². The molecule has 6 rings (SSSR count). The first-order chi connectivity index (χ1) is 26.6. The lowest BCUT2D eigenvalue weighted by Gasteiger charge is -2.37. The summed E-state index contributed by atoms with van der Waals surface area (Å²) < 4.78 is 0. The first kappa shape index (κ1) is 37.9. The predicted octanol–water partition coefficient (Wildman–Crippen LogP) is 7.94. The van der Waals surface area contributed by atoms with Gasteiger partial charge < -0.3 is 10.6 Å². The van der Waals surface area contributed by atoms with E-state index in [4.69, 9.17) is 0 Å². The van der Waals surface area contributed by atoms with Crippen LogP contribution in [0.15, 0.2) is 182 Å². The molecule has 6 aromatic rings. The van der Waals surface area contributed by atoms with Crippen LogP contribution in [0.2, 0.25) is 0 Å². The maximum Gasteiger partial charge on any atom is 0.221 e. The number of hydrogen-bond donors (Lipinski definition) is 4. The number of carbonyl (C=O) groups excluding carboxylic acids is 2. The molecular weight excluding hydrogens is 665 g/mol. The number of unbranched alkanes of at least 4 members (excludes halogenated alkanes) is 1. The van der Waals surface area contributed by atoms with Gasteiger partial charge in [0.1, 0.15) is 0 Å². The molecule has 0 aromatic heterocycles. The smallest absolute Gasteiger partial charge is 0.221 e. The van der Waals surface area contributed by atoms with Crippen LogP contribution < -0.4 is 21.3 Å². The van der Waals surface area contributed by atoms with Crippen molar-refractivity contribution in [2.75, 3.05) is 26.2 Å². The molecule has 6 heteroatoms. The van der Waals surface area contributed by atoms with E-state index in [1.165, 1.54) is 0 Å². The van der Waals surface area contributed by atoms with Crippen LogP contribution in [0, 0.1) is 0 Å². The van der Waals surface area contributed by atoms with Gasteiger partial charge in [0.25, 0.3) is 0 Å². The zero-order chi connectivity index (χ0) is 37.3. The predicted molar refractivity (Wildman–Crippen MR) is 219 cm³/mol. The molecule has 0 aliphatic carbocycles. The fourth-order valence-electron chi connectivity index (χ4n) is 7.35. The van der Waals surface area contributed by atoms with Gasteiger partial charge in [-0.3, -0.25) is 20.2 Å². The molecule has 4 N–H and O–H groups in total. The van der Waals surface area contributed by atoms with Crippen LogP contribution in [0.1, 0.15) is 59.1 Å². The molecule has 0 aliphatic heterocycles. The summed E-state index contributed by atoms with van der Waals surface area (Å²) in [5.41, 5.74) is 5.47. The third-order valence-electron chi connectivity index (χ3n) is 9.97. The van der Waals surface area contributed by atoms with Crippen molar-refractivity contribution >= 4 is 11.8 Å². The normalized spacial score (nSPS) is 11.5. The van der Waals surface area contributed by atoms with Crippen LogP contribution in [0.4, 0.5) is 0 Å². The van der Waals surface area contributed by atoms with Crippen molar-refractivity contribution in [3.05, 3.63) is 215 Å². The fourth-order valence-corrected chi connectivity index (χ4v) is 7.35. The molecule has 0 unspecified atom stereocenters. The Bertz CT molecular complexity index is 1650. The second kappa shape index (κ2) is 19.3. The van der Waals surface area contributed by atoms with Gasteiger partial charge in [-0.25, -0.2) is 0 Å². The lowest BCUT2D eigenvalue weighted by Crippen LogP contribution is -2.46. The van der Waals surface area contributed by atoms with Crippen LogP contribution >= 0.6 is 0 Å². The van der Waals surface area contributed by atoms with Crippen molar-refractivity contribution in [2.24, 2.45) is 0 Å². The number of carbonyl (C=O) groups is 2. The molecule has 0 fully saturated rings. The van der Waals surface area contributed by atoms with Gasteiger partial charge in [-0.2, -0.15) is 0 Å². The molecule has 0 atom stereocenters. The second-order valence-corrected chi connectivity index (χ2v) is 13.5. The van der Waals surface area contributed by atoms with Crippen molar-refractivity contribution in [2.45, 2.75) is 36.8 Å². The molecule has 0 spiro atoms. The molecular formula is C48H50N4O2. The molecule has 0 saturated carbocycles. The van der Waals surface area contributed by atoms with E-state index < -0.39 is 11.1 Å². The molecule has 2 amide bonds. The van der Waals surface area contributed by atoms with Crippen molar-refractivity contribution in [3.63, 3.8) is 0 Å². The van der Waals surface area contributed by atoms with Crippen LogP contribution in [0.3, 0.4) is 0 Å². The van der Waals surface area contributed by atoms with Crippen LogP contribution in [0.25, 0.3) is 0 Å². The van der Waals surface area contributed by atoms with E-state index in [9.17, 15) is 9.59 Å². The maximum atomic E-state index is 13.0. The van der Waals surface area contributed by atoms with E-state index in [0.29, 0.717) is 39.0 Å². The molecule has 0 aliphatic rings. The Hall–Kier alpha value is -5.82. The highest BCUT2D eigenvalue weighted by atomic mass is 16.2. The summed E-state index contributed by atoms with van der Waals surface area (Å²) in [6.07, 6.45) is 2.24. The van der Waals surface area contributed by atoms with Gasteiger partial charge in [0.2, 0.25) is 11.8 Å². The summed E-state index contributed by atoms with van der Waals surface area (Å²) in [6, 6.07) is 62.4. The number of hydrogen-bond acceptors (Lipinski definition) is 4. The largest absolute Gasteiger partial charge is 0.356 e. The highest BCUT2D eigenvalue weighted by Gasteiger charge is 2.37. The highest BCUT2D eigenvalue weighted by molar-refractivity contribution is 5.76. The van der Waals surface area contributed by atoms with E-state index in [1.54, 1.807) is 0 Å². The third-order valence-corrected chi connectivity index (χ3v) is 9.97. The number of nitrogens with one attached hydrogen (secondary N) is 4. The van der Waals surface area contributed by atoms with E-state index in [0.717, 1.165) is 46.2 Å². The average molecular weight is 715 g/mol. The standard InChI is InChI=1S/C48H50N4O2/c53-45(33-37-51-47(39-21-7-1-8-22-39,40-23-9-2-10-24-40)41-25-11-3-12-26-41)49-35-19-20-36-50-46(54)34-38-52-48(42-27-13-4-14-28-42,43-29-15-5-16-30-43)44-31-17-6-18-32-44/h1-18,21-32,51-52H,19-20,33-38H2,(H,49,53)(H,50,54). The van der Waals surface area contributed by atoms with Crippen LogP contribution in [-0.2, 0) is 20.7 Å². The molecule has 0 radical (unpaired) electrons. The average Bonchev–Trinajstić information content (AvgIpc) is 3.24. The molecule has 0 heterocycles. The highest BCUT2D eigenvalue weighted by Crippen LogP contribution is 2.38. The first-order valence-corrected chi connectivity index (χ1v) is 19.0. The number of rotatable bonds is 19. The lowest BCUT2D eigenvalue weighted by atomic mass is 9.77. The van der Waals surface area contributed by atoms with Gasteiger partial charge in [-0.15, -0.1) is 0 Å². The quantitative estimate of drug-likeness (QED) is 0.0508. The van der Waals surface area contributed by atoms with Gasteiger partial charge in [0.05, 0.1) is 11.1 Å². The van der Waals surface area contributed by atoms with Gasteiger partial charge in [-0.1, -0.05) is 182 Å². The van der Waals surface area contributed by atoms with Gasteiger partial charge >= 0.3 is 0 Å². The minimum absolute atomic E-state index is 0.000531. The van der Waals surface area contributed by atoms with Gasteiger partial charge in [-0.05, 0) is 46.2 Å². The zero-order valence-electron chi connectivity index (χ0n) is 30.8. The van der Waals surface area contributed by atoms with Gasteiger partial charge in [0, 0.05) is 39.0 Å². The Kier molecular flexibility index (Phi) is 13.6. The van der Waals surface area contributed by atoms with E-state index in [2.05, 4.69) is 167 Å². The van der Waals surface area contributed by atoms with Crippen molar-refractivity contribution in [3.8, 4) is 0 Å². The zero-order valence-corrected chi connectivity index (χ0v) is 30.8. The second-order valence-electron chi connectivity index (χ2n) is 13.5. The molecule has 6 aromatic carbocycles.